The summed E-state index contributed by atoms with van der Waals surface area (Å²) in [6.45, 7) is 7.63. The lowest BCUT2D eigenvalue weighted by atomic mass is 10.1. The van der Waals surface area contributed by atoms with Crippen LogP contribution in [-0.4, -0.2) is 35.2 Å². The van der Waals surface area contributed by atoms with Crippen molar-refractivity contribution < 1.29 is 0 Å². The Hall–Kier alpha value is -1.36. The molecule has 1 saturated heterocycles. The molecule has 1 aliphatic rings. The van der Waals surface area contributed by atoms with Gasteiger partial charge in [0.15, 0.2) is 5.82 Å². The minimum atomic E-state index is 0.0295. The van der Waals surface area contributed by atoms with Crippen LogP contribution < -0.4 is 15.8 Å². The summed E-state index contributed by atoms with van der Waals surface area (Å²) < 4.78 is 1.71. The van der Waals surface area contributed by atoms with E-state index in [1.54, 1.807) is 17.0 Å². The number of piperidine rings is 1. The van der Waals surface area contributed by atoms with E-state index in [1.165, 1.54) is 0 Å². The van der Waals surface area contributed by atoms with Gasteiger partial charge < -0.3 is 14.8 Å². The third-order valence-electron chi connectivity index (χ3n) is 3.52. The lowest BCUT2D eigenvalue weighted by Gasteiger charge is -2.32. The minimum Gasteiger partial charge on any atom is -0.352 e. The highest BCUT2D eigenvalue weighted by atomic mass is 16.1. The van der Waals surface area contributed by atoms with Gasteiger partial charge in [0.25, 0.3) is 5.56 Å². The molecule has 0 aromatic carbocycles. The van der Waals surface area contributed by atoms with Crippen molar-refractivity contribution in [1.82, 2.24) is 14.9 Å². The fourth-order valence-electron chi connectivity index (χ4n) is 2.49. The Bertz CT molecular complexity index is 435. The van der Waals surface area contributed by atoms with Gasteiger partial charge in [0.2, 0.25) is 0 Å². The first-order chi connectivity index (χ1) is 8.76. The summed E-state index contributed by atoms with van der Waals surface area (Å²) in [5.74, 6) is 0.606. The molecular weight excluding hydrogens is 228 g/mol. The molecule has 18 heavy (non-hydrogen) atoms. The van der Waals surface area contributed by atoms with Crippen molar-refractivity contribution in [2.75, 3.05) is 24.5 Å². The van der Waals surface area contributed by atoms with Crippen LogP contribution >= 0.6 is 0 Å². The molecule has 0 aliphatic carbocycles. The molecule has 2 rings (SSSR count). The van der Waals surface area contributed by atoms with Crippen molar-refractivity contribution in [2.24, 2.45) is 0 Å². The molecular formula is C13H22N4O. The number of hydrogen-bond acceptors (Lipinski definition) is 4. The van der Waals surface area contributed by atoms with Crippen molar-refractivity contribution in [1.29, 1.82) is 0 Å². The number of nitrogens with zero attached hydrogens (tertiary/aromatic N) is 3. The summed E-state index contributed by atoms with van der Waals surface area (Å²) >= 11 is 0. The third kappa shape index (κ3) is 2.72. The number of nitrogens with one attached hydrogen (secondary N) is 1. The lowest BCUT2D eigenvalue weighted by molar-refractivity contribution is 0.421. The van der Waals surface area contributed by atoms with Crippen molar-refractivity contribution >= 4 is 5.82 Å². The van der Waals surface area contributed by atoms with Crippen molar-refractivity contribution in [3.05, 3.63) is 22.7 Å². The molecule has 100 valence electrons. The van der Waals surface area contributed by atoms with Gasteiger partial charge in [0.1, 0.15) is 0 Å². The summed E-state index contributed by atoms with van der Waals surface area (Å²) in [5, 5.41) is 3.46. The summed E-state index contributed by atoms with van der Waals surface area (Å²) in [6, 6.07) is 0.586. The smallest absolute Gasteiger partial charge is 0.293 e. The molecule has 0 unspecified atom stereocenters. The average Bonchev–Trinajstić information content (AvgIpc) is 2.41. The summed E-state index contributed by atoms with van der Waals surface area (Å²) in [4.78, 5) is 18.5. The van der Waals surface area contributed by atoms with Gasteiger partial charge in [-0.25, -0.2) is 4.98 Å². The van der Waals surface area contributed by atoms with Gasteiger partial charge in [-0.05, 0) is 26.3 Å². The van der Waals surface area contributed by atoms with Crippen LogP contribution in [-0.2, 0) is 6.54 Å². The van der Waals surface area contributed by atoms with Crippen LogP contribution in [0.5, 0.6) is 0 Å². The van der Waals surface area contributed by atoms with E-state index in [9.17, 15) is 4.79 Å². The van der Waals surface area contributed by atoms with E-state index in [2.05, 4.69) is 22.1 Å². The molecule has 1 aromatic heterocycles. The Morgan fingerprint density at radius 1 is 1.39 bits per heavy atom. The second-order valence-electron chi connectivity index (χ2n) is 4.66. The fourth-order valence-corrected chi connectivity index (χ4v) is 2.49. The maximum absolute atomic E-state index is 12.1. The fraction of sp³-hybridized carbons (Fsp3) is 0.692. The van der Waals surface area contributed by atoms with E-state index in [0.29, 0.717) is 18.4 Å². The highest BCUT2D eigenvalue weighted by Gasteiger charge is 2.21. The van der Waals surface area contributed by atoms with Crippen LogP contribution in [0, 0.1) is 0 Å². The summed E-state index contributed by atoms with van der Waals surface area (Å²) in [7, 11) is 0. The van der Waals surface area contributed by atoms with Gasteiger partial charge in [-0.1, -0.05) is 6.92 Å². The van der Waals surface area contributed by atoms with E-state index < -0.39 is 0 Å². The maximum Gasteiger partial charge on any atom is 0.293 e. The number of hydrogen-bond donors (Lipinski definition) is 1. The van der Waals surface area contributed by atoms with Gasteiger partial charge >= 0.3 is 0 Å². The standard InChI is InChI=1S/C13H22N4O/c1-3-14-11-5-8-17(9-6-11)12-13(18)16(4-2)10-7-15-12/h7,10-11,14H,3-6,8-9H2,1-2H3. The molecule has 0 bridgehead atoms. The van der Waals surface area contributed by atoms with Gasteiger partial charge in [0.05, 0.1) is 0 Å². The monoisotopic (exact) mass is 250 g/mol. The van der Waals surface area contributed by atoms with Crippen LogP contribution in [0.15, 0.2) is 17.2 Å². The molecule has 0 radical (unpaired) electrons. The summed E-state index contributed by atoms with van der Waals surface area (Å²) in [6.07, 6.45) is 5.62. The van der Waals surface area contributed by atoms with E-state index in [-0.39, 0.29) is 5.56 Å². The topological polar surface area (TPSA) is 50.2 Å². The van der Waals surface area contributed by atoms with Crippen LogP contribution in [0.3, 0.4) is 0 Å². The number of aryl methyl sites for hydroxylation is 1. The normalized spacial score (nSPS) is 17.1. The van der Waals surface area contributed by atoms with Crippen LogP contribution in [0.25, 0.3) is 0 Å². The molecule has 5 nitrogen and oxygen atoms in total. The molecule has 0 amide bonds. The second kappa shape index (κ2) is 6.00. The largest absolute Gasteiger partial charge is 0.352 e. The molecule has 2 heterocycles. The Morgan fingerprint density at radius 2 is 2.11 bits per heavy atom. The highest BCUT2D eigenvalue weighted by molar-refractivity contribution is 5.36. The predicted octanol–water partition coefficient (Wildman–Crippen LogP) is 0.841. The predicted molar refractivity (Wildman–Crippen MR) is 73.1 cm³/mol. The van der Waals surface area contributed by atoms with Crippen molar-refractivity contribution in [3.63, 3.8) is 0 Å². The first-order valence-corrected chi connectivity index (χ1v) is 6.80. The Labute approximate surface area is 108 Å². The van der Waals surface area contributed by atoms with Crippen LogP contribution in [0.2, 0.25) is 0 Å². The third-order valence-corrected chi connectivity index (χ3v) is 3.52. The molecule has 0 saturated carbocycles. The van der Waals surface area contributed by atoms with E-state index in [1.807, 2.05) is 6.92 Å². The highest BCUT2D eigenvalue weighted by Crippen LogP contribution is 2.14. The van der Waals surface area contributed by atoms with E-state index in [4.69, 9.17) is 0 Å². The van der Waals surface area contributed by atoms with Crippen LogP contribution in [0.1, 0.15) is 26.7 Å². The van der Waals surface area contributed by atoms with Gasteiger partial charge in [-0.2, -0.15) is 0 Å². The van der Waals surface area contributed by atoms with Gasteiger partial charge in [0, 0.05) is 38.1 Å². The molecule has 0 atom stereocenters. The SMILES string of the molecule is CCNC1CCN(c2nccn(CC)c2=O)CC1. The van der Waals surface area contributed by atoms with E-state index >= 15 is 0 Å². The Kier molecular flexibility index (Phi) is 4.36. The number of aromatic nitrogens is 2. The zero-order chi connectivity index (χ0) is 13.0. The maximum atomic E-state index is 12.1. The summed E-state index contributed by atoms with van der Waals surface area (Å²) in [5.41, 5.74) is 0.0295. The zero-order valence-corrected chi connectivity index (χ0v) is 11.2. The van der Waals surface area contributed by atoms with Gasteiger partial charge in [-0.3, -0.25) is 4.79 Å². The molecule has 0 spiro atoms. The molecule has 1 aliphatic heterocycles. The molecule has 1 fully saturated rings. The van der Waals surface area contributed by atoms with Gasteiger partial charge in [-0.15, -0.1) is 0 Å². The first-order valence-electron chi connectivity index (χ1n) is 6.80. The number of anilines is 1. The molecule has 1 aromatic rings. The average molecular weight is 250 g/mol. The molecule has 5 heteroatoms. The molecule has 1 N–H and O–H groups in total. The second-order valence-corrected chi connectivity index (χ2v) is 4.66. The van der Waals surface area contributed by atoms with Crippen molar-refractivity contribution in [3.8, 4) is 0 Å². The van der Waals surface area contributed by atoms with Crippen molar-refractivity contribution in [2.45, 2.75) is 39.3 Å². The quantitative estimate of drug-likeness (QED) is 0.860. The number of rotatable bonds is 4. The van der Waals surface area contributed by atoms with E-state index in [0.717, 1.165) is 32.5 Å². The Balaban J connectivity index is 2.08. The first kappa shape index (κ1) is 13.1. The zero-order valence-electron chi connectivity index (χ0n) is 11.2. The van der Waals surface area contributed by atoms with Crippen LogP contribution in [0.4, 0.5) is 5.82 Å². The lowest BCUT2D eigenvalue weighted by Crippen LogP contribution is -2.44. The Morgan fingerprint density at radius 3 is 2.72 bits per heavy atom. The minimum absolute atomic E-state index is 0.0295.